The zero-order valence-electron chi connectivity index (χ0n) is 21.6. The highest BCUT2D eigenvalue weighted by Crippen LogP contribution is 2.45. The second-order valence-corrected chi connectivity index (χ2v) is 10.9. The van der Waals surface area contributed by atoms with Crippen LogP contribution in [0.4, 0.5) is 9.18 Å². The van der Waals surface area contributed by atoms with E-state index in [1.807, 2.05) is 37.3 Å². The largest absolute Gasteiger partial charge is 0.493 e. The van der Waals surface area contributed by atoms with Crippen LogP contribution in [0.2, 0.25) is 0 Å². The van der Waals surface area contributed by atoms with Crippen molar-refractivity contribution >= 4 is 12.1 Å². The monoisotopic (exact) mass is 497 g/mol. The van der Waals surface area contributed by atoms with Gasteiger partial charge in [0.15, 0.2) is 0 Å². The van der Waals surface area contributed by atoms with Crippen LogP contribution < -0.4 is 4.74 Å². The molecular formula is C29H36FNO5. The Morgan fingerprint density at radius 2 is 1.78 bits per heavy atom. The number of hydrogen-bond acceptors (Lipinski definition) is 5. The molecule has 1 heterocycles. The van der Waals surface area contributed by atoms with Crippen molar-refractivity contribution < 1.29 is 28.2 Å². The number of likely N-dealkylation sites (tertiary alicyclic amines) is 1. The maximum Gasteiger partial charge on any atom is 0.410 e. The second-order valence-electron chi connectivity index (χ2n) is 10.9. The van der Waals surface area contributed by atoms with E-state index in [1.54, 1.807) is 31.7 Å². The molecule has 2 fully saturated rings. The summed E-state index contributed by atoms with van der Waals surface area (Å²) in [6, 6.07) is 12.6. The van der Waals surface area contributed by atoms with Crippen molar-refractivity contribution in [3.8, 4) is 5.75 Å². The van der Waals surface area contributed by atoms with Crippen molar-refractivity contribution in [2.75, 3.05) is 13.2 Å². The van der Waals surface area contributed by atoms with E-state index in [4.69, 9.17) is 14.2 Å². The Labute approximate surface area is 212 Å². The number of amides is 1. The molecule has 2 aromatic carbocycles. The Kier molecular flexibility index (Phi) is 7.86. The summed E-state index contributed by atoms with van der Waals surface area (Å²) >= 11 is 0. The van der Waals surface area contributed by atoms with E-state index in [0.717, 1.165) is 36.8 Å². The standard InChI is InChI=1S/C29H36FNO5/c1-19-10-11-21(16-31(19)28(33)35-17-20-8-6-5-7-9-20)18-34-26-15-25(30)24(14-23(26)22-12-13-22)27(32)36-29(2,3)4/h5-9,14-15,19,21-22H,10-13,16-18H2,1-4H3/t19-,21-/m1/s1. The SMILES string of the molecule is C[C@@H]1CC[C@@H](COc2cc(F)c(C(=O)OC(C)(C)C)cc2C2CC2)CN1C(=O)OCc1ccccc1. The summed E-state index contributed by atoms with van der Waals surface area (Å²) in [6.45, 7) is 8.41. The molecule has 0 aromatic heterocycles. The molecule has 0 unspecified atom stereocenters. The van der Waals surface area contributed by atoms with E-state index in [1.165, 1.54) is 6.07 Å². The topological polar surface area (TPSA) is 65.1 Å². The molecule has 1 saturated carbocycles. The first-order valence-corrected chi connectivity index (χ1v) is 12.8. The highest BCUT2D eigenvalue weighted by molar-refractivity contribution is 5.90. The van der Waals surface area contributed by atoms with Crippen molar-refractivity contribution in [1.29, 1.82) is 0 Å². The maximum absolute atomic E-state index is 14.9. The van der Waals surface area contributed by atoms with E-state index in [9.17, 15) is 14.0 Å². The molecule has 4 rings (SSSR count). The van der Waals surface area contributed by atoms with Gasteiger partial charge in [-0.2, -0.15) is 0 Å². The Morgan fingerprint density at radius 3 is 2.44 bits per heavy atom. The molecule has 194 valence electrons. The Morgan fingerprint density at radius 1 is 1.06 bits per heavy atom. The van der Waals surface area contributed by atoms with Crippen LogP contribution in [0, 0.1) is 11.7 Å². The highest BCUT2D eigenvalue weighted by Gasteiger charge is 2.33. The average molecular weight is 498 g/mol. The van der Waals surface area contributed by atoms with E-state index in [2.05, 4.69) is 0 Å². The molecule has 0 spiro atoms. The van der Waals surface area contributed by atoms with E-state index >= 15 is 0 Å². The number of esters is 1. The summed E-state index contributed by atoms with van der Waals surface area (Å²) in [6.07, 6.45) is 3.38. The molecule has 2 aliphatic rings. The number of piperidine rings is 1. The van der Waals surface area contributed by atoms with Crippen molar-refractivity contribution in [2.24, 2.45) is 5.92 Å². The molecular weight excluding hydrogens is 461 g/mol. The molecule has 0 bridgehead atoms. The zero-order valence-corrected chi connectivity index (χ0v) is 21.6. The quantitative estimate of drug-likeness (QED) is 0.410. The lowest BCUT2D eigenvalue weighted by molar-refractivity contribution is 0.00644. The Balaban J connectivity index is 1.39. The molecule has 0 N–H and O–H groups in total. The number of halogens is 1. The fraction of sp³-hybridized carbons (Fsp3) is 0.517. The van der Waals surface area contributed by atoms with Gasteiger partial charge >= 0.3 is 12.1 Å². The first-order chi connectivity index (χ1) is 17.1. The van der Waals surface area contributed by atoms with Crippen LogP contribution in [0.3, 0.4) is 0 Å². The molecule has 1 aliphatic heterocycles. The van der Waals surface area contributed by atoms with Crippen LogP contribution in [0.5, 0.6) is 5.75 Å². The van der Waals surface area contributed by atoms with E-state index in [0.29, 0.717) is 18.9 Å². The molecule has 1 amide bonds. The number of nitrogens with zero attached hydrogens (tertiary/aromatic N) is 1. The van der Waals surface area contributed by atoms with Gasteiger partial charge in [0, 0.05) is 24.6 Å². The van der Waals surface area contributed by atoms with Crippen molar-refractivity contribution in [1.82, 2.24) is 4.90 Å². The summed E-state index contributed by atoms with van der Waals surface area (Å²) in [4.78, 5) is 27.0. The molecule has 2 atom stereocenters. The molecule has 7 heteroatoms. The van der Waals surface area contributed by atoms with Gasteiger partial charge < -0.3 is 19.1 Å². The van der Waals surface area contributed by atoms with Crippen LogP contribution >= 0.6 is 0 Å². The third-order valence-corrected chi connectivity index (χ3v) is 6.63. The lowest BCUT2D eigenvalue weighted by atomic mass is 9.94. The van der Waals surface area contributed by atoms with Gasteiger partial charge in [-0.1, -0.05) is 30.3 Å². The normalized spacial score (nSPS) is 20.1. The average Bonchev–Trinajstić information content (AvgIpc) is 3.67. The zero-order chi connectivity index (χ0) is 25.9. The fourth-order valence-corrected chi connectivity index (χ4v) is 4.48. The van der Waals surface area contributed by atoms with Crippen molar-refractivity contribution in [3.63, 3.8) is 0 Å². The number of carbonyl (C=O) groups is 2. The highest BCUT2D eigenvalue weighted by atomic mass is 19.1. The third-order valence-electron chi connectivity index (χ3n) is 6.63. The predicted molar refractivity (Wildman–Crippen MR) is 135 cm³/mol. The fourth-order valence-electron chi connectivity index (χ4n) is 4.48. The molecule has 1 aliphatic carbocycles. The maximum atomic E-state index is 14.9. The summed E-state index contributed by atoms with van der Waals surface area (Å²) in [5.74, 6) is -0.478. The molecule has 2 aromatic rings. The third kappa shape index (κ3) is 6.77. The van der Waals surface area contributed by atoms with E-state index < -0.39 is 17.4 Å². The second kappa shape index (κ2) is 10.9. The van der Waals surface area contributed by atoms with Gasteiger partial charge in [0.05, 0.1) is 12.2 Å². The lowest BCUT2D eigenvalue weighted by Gasteiger charge is -2.37. The van der Waals surface area contributed by atoms with Crippen LogP contribution in [0.25, 0.3) is 0 Å². The van der Waals surface area contributed by atoms with Crippen LogP contribution in [0.15, 0.2) is 42.5 Å². The lowest BCUT2D eigenvalue weighted by Crippen LogP contribution is -2.47. The molecule has 36 heavy (non-hydrogen) atoms. The molecule has 6 nitrogen and oxygen atoms in total. The van der Waals surface area contributed by atoms with Gasteiger partial charge in [0.25, 0.3) is 0 Å². The first kappa shape index (κ1) is 26.0. The summed E-state index contributed by atoms with van der Waals surface area (Å²) in [5, 5.41) is 0. The Bertz CT molecular complexity index is 1080. The van der Waals surface area contributed by atoms with Crippen molar-refractivity contribution in [2.45, 2.75) is 77.5 Å². The predicted octanol–water partition coefficient (Wildman–Crippen LogP) is 6.47. The van der Waals surface area contributed by atoms with Gasteiger partial charge in [-0.3, -0.25) is 0 Å². The van der Waals surface area contributed by atoms with Crippen LogP contribution in [0.1, 0.15) is 80.8 Å². The first-order valence-electron chi connectivity index (χ1n) is 12.8. The van der Waals surface area contributed by atoms with E-state index in [-0.39, 0.29) is 36.1 Å². The van der Waals surface area contributed by atoms with Gasteiger partial charge in [-0.25, -0.2) is 14.0 Å². The van der Waals surface area contributed by atoms with Crippen LogP contribution in [-0.2, 0) is 16.1 Å². The Hall–Kier alpha value is -3.09. The summed E-state index contributed by atoms with van der Waals surface area (Å²) in [5.41, 5.74) is 1.03. The smallest absolute Gasteiger partial charge is 0.410 e. The minimum atomic E-state index is -0.704. The number of ether oxygens (including phenoxy) is 3. The van der Waals surface area contributed by atoms with Crippen molar-refractivity contribution in [3.05, 3.63) is 65.0 Å². The summed E-state index contributed by atoms with van der Waals surface area (Å²) in [7, 11) is 0. The van der Waals surface area contributed by atoms with Gasteiger partial charge in [-0.05, 0) is 76.5 Å². The van der Waals surface area contributed by atoms with Gasteiger partial charge in [-0.15, -0.1) is 0 Å². The molecule has 0 radical (unpaired) electrons. The molecule has 1 saturated heterocycles. The minimum absolute atomic E-state index is 0.0574. The van der Waals surface area contributed by atoms with Crippen LogP contribution in [-0.4, -0.2) is 41.8 Å². The summed E-state index contributed by atoms with van der Waals surface area (Å²) < 4.78 is 31.9. The number of rotatable bonds is 7. The number of hydrogen-bond donors (Lipinski definition) is 0. The minimum Gasteiger partial charge on any atom is -0.493 e. The van der Waals surface area contributed by atoms with Gasteiger partial charge in [0.1, 0.15) is 23.8 Å². The number of carbonyl (C=O) groups excluding carboxylic acids is 2. The van der Waals surface area contributed by atoms with Gasteiger partial charge in [0.2, 0.25) is 0 Å². The number of benzene rings is 2.